The molecule has 0 aliphatic carbocycles. The first-order chi connectivity index (χ1) is 12.8. The Bertz CT molecular complexity index is 1020. The Morgan fingerprint density at radius 3 is 2.70 bits per heavy atom. The van der Waals surface area contributed by atoms with E-state index in [1.807, 2.05) is 0 Å². The third-order valence-corrected chi connectivity index (χ3v) is 4.76. The number of nitro benzene ring substituents is 1. The average Bonchev–Trinajstić information content (AvgIpc) is 2.90. The molecule has 136 valence electrons. The lowest BCUT2D eigenvalue weighted by Gasteiger charge is -2.07. The Kier molecular flexibility index (Phi) is 5.04. The first kappa shape index (κ1) is 18.3. The zero-order valence-electron chi connectivity index (χ0n) is 14.0. The van der Waals surface area contributed by atoms with Gasteiger partial charge >= 0.3 is 5.97 Å². The minimum atomic E-state index is -1.06. The summed E-state index contributed by atoms with van der Waals surface area (Å²) < 4.78 is 0. The summed E-state index contributed by atoms with van der Waals surface area (Å²) in [5.74, 6) is -1.36. The molecule has 0 unspecified atom stereocenters. The first-order valence-electron chi connectivity index (χ1n) is 7.69. The smallest absolute Gasteiger partial charge is 0.335 e. The molecule has 8 nitrogen and oxygen atoms in total. The predicted molar refractivity (Wildman–Crippen MR) is 102 cm³/mol. The molecule has 0 atom stereocenters. The van der Waals surface area contributed by atoms with Crippen LogP contribution in [0.15, 0.2) is 58.4 Å². The van der Waals surface area contributed by atoms with Crippen LogP contribution in [0, 0.1) is 10.1 Å². The lowest BCUT2D eigenvalue weighted by atomic mass is 10.2. The Hall–Kier alpha value is -3.46. The number of amides is 1. The second-order valence-corrected chi connectivity index (χ2v) is 6.59. The summed E-state index contributed by atoms with van der Waals surface area (Å²) in [6.45, 7) is 0. The lowest BCUT2D eigenvalue weighted by Crippen LogP contribution is -2.23. The van der Waals surface area contributed by atoms with Gasteiger partial charge in [0.25, 0.3) is 11.6 Å². The Labute approximate surface area is 158 Å². The number of hydrogen-bond donors (Lipinski definition) is 1. The number of rotatable bonds is 4. The molecule has 1 fully saturated rings. The fourth-order valence-electron chi connectivity index (χ4n) is 2.35. The molecule has 0 bridgehead atoms. The van der Waals surface area contributed by atoms with Crippen molar-refractivity contribution in [1.82, 2.24) is 4.90 Å². The number of thioether (sulfide) groups is 1. The molecule has 0 saturated carbocycles. The minimum Gasteiger partial charge on any atom is -0.478 e. The summed E-state index contributed by atoms with van der Waals surface area (Å²) in [6, 6.07) is 12.0. The number of carbonyl (C=O) groups excluding carboxylic acids is 1. The van der Waals surface area contributed by atoms with E-state index in [1.54, 1.807) is 37.4 Å². The largest absolute Gasteiger partial charge is 0.478 e. The topological polar surface area (TPSA) is 113 Å². The zero-order chi connectivity index (χ0) is 19.6. The Morgan fingerprint density at radius 2 is 2.00 bits per heavy atom. The number of aromatic carboxylic acids is 1. The summed E-state index contributed by atoms with van der Waals surface area (Å²) in [5, 5.41) is 20.3. The van der Waals surface area contributed by atoms with Gasteiger partial charge in [0.1, 0.15) is 0 Å². The van der Waals surface area contributed by atoms with Gasteiger partial charge in [0.2, 0.25) is 0 Å². The van der Waals surface area contributed by atoms with E-state index in [0.717, 1.165) is 11.8 Å². The van der Waals surface area contributed by atoms with Gasteiger partial charge in [-0.1, -0.05) is 18.2 Å². The third-order valence-electron chi connectivity index (χ3n) is 3.70. The van der Waals surface area contributed by atoms with Gasteiger partial charge in [-0.15, -0.1) is 0 Å². The van der Waals surface area contributed by atoms with Gasteiger partial charge in [-0.3, -0.25) is 19.8 Å². The van der Waals surface area contributed by atoms with Crippen molar-refractivity contribution >= 4 is 46.3 Å². The van der Waals surface area contributed by atoms with Crippen LogP contribution in [0.3, 0.4) is 0 Å². The fraction of sp³-hybridized carbons (Fsp3) is 0.0556. The van der Waals surface area contributed by atoms with Crippen molar-refractivity contribution in [3.8, 4) is 0 Å². The molecule has 9 heteroatoms. The Morgan fingerprint density at radius 1 is 1.26 bits per heavy atom. The number of likely N-dealkylation sites (N-methyl/N-ethyl adjacent to an activating group) is 1. The summed E-state index contributed by atoms with van der Waals surface area (Å²) in [7, 11) is 1.56. The standard InChI is InChI=1S/C18H13N3O5S/c1-20-16(22)15(9-11-4-2-7-14(8-11)21(25)26)27-18(20)19-13-6-3-5-12(10-13)17(23)24/h2-10H,1H3,(H,23,24)/b15-9-,19-18?. The van der Waals surface area contributed by atoms with Crippen molar-refractivity contribution in [2.75, 3.05) is 7.05 Å². The van der Waals surface area contributed by atoms with Crippen LogP contribution in [0.4, 0.5) is 11.4 Å². The highest BCUT2D eigenvalue weighted by Gasteiger charge is 2.30. The van der Waals surface area contributed by atoms with Crippen LogP contribution in [-0.2, 0) is 4.79 Å². The van der Waals surface area contributed by atoms with Crippen LogP contribution < -0.4 is 0 Å². The zero-order valence-corrected chi connectivity index (χ0v) is 14.8. The van der Waals surface area contributed by atoms with Crippen molar-refractivity contribution in [3.05, 3.63) is 74.7 Å². The maximum Gasteiger partial charge on any atom is 0.335 e. The van der Waals surface area contributed by atoms with E-state index in [2.05, 4.69) is 4.99 Å². The van der Waals surface area contributed by atoms with Crippen LogP contribution in [0.25, 0.3) is 6.08 Å². The molecule has 0 aromatic heterocycles. The molecule has 0 spiro atoms. The minimum absolute atomic E-state index is 0.0625. The molecule has 2 aromatic rings. The van der Waals surface area contributed by atoms with Crippen LogP contribution in [0.5, 0.6) is 0 Å². The van der Waals surface area contributed by atoms with Crippen LogP contribution in [0.2, 0.25) is 0 Å². The molecule has 1 saturated heterocycles. The van der Waals surface area contributed by atoms with Gasteiger partial charge in [0.05, 0.1) is 21.1 Å². The summed E-state index contributed by atoms with van der Waals surface area (Å²) in [6.07, 6.45) is 1.56. The summed E-state index contributed by atoms with van der Waals surface area (Å²) in [5.41, 5.74) is 0.977. The number of nitrogens with zero attached hydrogens (tertiary/aromatic N) is 3. The Balaban J connectivity index is 1.91. The molecule has 0 radical (unpaired) electrons. The molecule has 2 aromatic carbocycles. The van der Waals surface area contributed by atoms with E-state index in [-0.39, 0.29) is 17.2 Å². The number of carboxylic acids is 1. The number of non-ortho nitro benzene ring substituents is 1. The predicted octanol–water partition coefficient (Wildman–Crippen LogP) is 3.53. The van der Waals surface area contributed by atoms with Crippen LogP contribution >= 0.6 is 11.8 Å². The average molecular weight is 383 g/mol. The molecule has 27 heavy (non-hydrogen) atoms. The highest BCUT2D eigenvalue weighted by atomic mass is 32.2. The van der Waals surface area contributed by atoms with Gasteiger partial charge in [-0.05, 0) is 41.6 Å². The van der Waals surface area contributed by atoms with E-state index >= 15 is 0 Å². The molecule has 1 N–H and O–H groups in total. The number of carboxylic acid groups (broad SMARTS) is 1. The summed E-state index contributed by atoms with van der Waals surface area (Å²) in [4.78, 5) is 39.9. The number of amidine groups is 1. The van der Waals surface area contributed by atoms with Gasteiger partial charge in [-0.25, -0.2) is 9.79 Å². The van der Waals surface area contributed by atoms with Gasteiger partial charge in [0.15, 0.2) is 5.17 Å². The number of aliphatic imine (C=N–C) groups is 1. The normalized spacial score (nSPS) is 16.9. The highest BCUT2D eigenvalue weighted by Crippen LogP contribution is 2.33. The quantitative estimate of drug-likeness (QED) is 0.491. The fourth-order valence-corrected chi connectivity index (χ4v) is 3.34. The van der Waals surface area contributed by atoms with Gasteiger partial charge in [-0.2, -0.15) is 0 Å². The maximum atomic E-state index is 12.4. The van der Waals surface area contributed by atoms with Crippen molar-refractivity contribution < 1.29 is 19.6 Å². The van der Waals surface area contributed by atoms with E-state index in [4.69, 9.17) is 5.11 Å². The van der Waals surface area contributed by atoms with Gasteiger partial charge < -0.3 is 5.11 Å². The van der Waals surface area contributed by atoms with Crippen molar-refractivity contribution in [3.63, 3.8) is 0 Å². The van der Waals surface area contributed by atoms with Crippen LogP contribution in [-0.4, -0.2) is 39.0 Å². The molecule has 1 amide bonds. The third kappa shape index (κ3) is 4.04. The number of carbonyl (C=O) groups is 2. The van der Waals surface area contributed by atoms with Gasteiger partial charge in [0, 0.05) is 19.2 Å². The molecule has 1 heterocycles. The number of hydrogen-bond acceptors (Lipinski definition) is 6. The van der Waals surface area contributed by atoms with E-state index in [0.29, 0.717) is 21.3 Å². The first-order valence-corrected chi connectivity index (χ1v) is 8.51. The number of nitro groups is 1. The second-order valence-electron chi connectivity index (χ2n) is 5.58. The molecule has 1 aliphatic rings. The monoisotopic (exact) mass is 383 g/mol. The molecule has 1 aliphatic heterocycles. The van der Waals surface area contributed by atoms with Crippen molar-refractivity contribution in [2.45, 2.75) is 0 Å². The van der Waals surface area contributed by atoms with Crippen molar-refractivity contribution in [2.24, 2.45) is 4.99 Å². The van der Waals surface area contributed by atoms with E-state index in [9.17, 15) is 19.7 Å². The lowest BCUT2D eigenvalue weighted by molar-refractivity contribution is -0.384. The van der Waals surface area contributed by atoms with Crippen LogP contribution in [0.1, 0.15) is 15.9 Å². The van der Waals surface area contributed by atoms with E-state index in [1.165, 1.54) is 29.2 Å². The highest BCUT2D eigenvalue weighted by molar-refractivity contribution is 8.18. The molecule has 3 rings (SSSR count). The SMILES string of the molecule is CN1C(=O)/C(=C/c2cccc([N+](=O)[O-])c2)SC1=Nc1cccc(C(=O)O)c1. The van der Waals surface area contributed by atoms with E-state index < -0.39 is 10.9 Å². The molecular formula is C18H13N3O5S. The number of benzene rings is 2. The van der Waals surface area contributed by atoms with Crippen molar-refractivity contribution in [1.29, 1.82) is 0 Å². The summed E-state index contributed by atoms with van der Waals surface area (Å²) >= 11 is 1.12. The maximum absolute atomic E-state index is 12.4. The second kappa shape index (κ2) is 7.42. The molecular weight excluding hydrogens is 370 g/mol.